The Morgan fingerprint density at radius 3 is 2.29 bits per heavy atom. The van der Waals surface area contributed by atoms with E-state index in [-0.39, 0.29) is 29.8 Å². The van der Waals surface area contributed by atoms with E-state index in [1.54, 1.807) is 12.1 Å². The fourth-order valence-electron chi connectivity index (χ4n) is 3.97. The number of hydrogen-bond acceptors (Lipinski definition) is 4. The lowest BCUT2D eigenvalue weighted by Gasteiger charge is -2.11. The third kappa shape index (κ3) is 5.82. The first-order valence-electron chi connectivity index (χ1n) is 11.1. The predicted octanol–water partition coefficient (Wildman–Crippen LogP) is 4.86. The first kappa shape index (κ1) is 25.8. The molecule has 1 heterocycles. The number of carbonyl (C=O) groups is 2. The molecule has 2 aromatic carbocycles. The number of alkyl halides is 3. The number of nitrogens with two attached hydrogens (primary N) is 1. The maximum absolute atomic E-state index is 13.5. The van der Waals surface area contributed by atoms with Crippen molar-refractivity contribution < 1.29 is 27.9 Å². The number of fused-ring (bicyclic) bond motifs is 1. The zero-order chi connectivity index (χ0) is 25.9. The Balaban J connectivity index is 2.24. The lowest BCUT2D eigenvalue weighted by molar-refractivity contribution is -0.137. The van der Waals surface area contributed by atoms with E-state index in [1.807, 2.05) is 26.8 Å². The van der Waals surface area contributed by atoms with Crippen LogP contribution in [0, 0.1) is 13.8 Å². The van der Waals surface area contributed by atoms with Crippen LogP contribution in [0.3, 0.4) is 0 Å². The summed E-state index contributed by atoms with van der Waals surface area (Å²) < 4.78 is 41.9. The summed E-state index contributed by atoms with van der Waals surface area (Å²) in [7, 11) is 0. The van der Waals surface area contributed by atoms with Gasteiger partial charge in [0.05, 0.1) is 22.4 Å². The highest BCUT2D eigenvalue weighted by Crippen LogP contribution is 2.39. The second-order valence-electron chi connectivity index (χ2n) is 8.42. The van der Waals surface area contributed by atoms with Crippen LogP contribution in [-0.4, -0.2) is 27.2 Å². The molecule has 0 radical (unpaired) electrons. The topological polar surface area (TPSA) is 110 Å². The monoisotopic (exact) mass is 488 g/mol. The lowest BCUT2D eigenvalue weighted by Crippen LogP contribution is -2.22. The van der Waals surface area contributed by atoms with Gasteiger partial charge < -0.3 is 10.8 Å². The first-order valence-corrected chi connectivity index (χ1v) is 11.1. The van der Waals surface area contributed by atoms with Gasteiger partial charge in [-0.2, -0.15) is 18.3 Å². The molecule has 1 aromatic heterocycles. The molecule has 0 fully saturated rings. The lowest BCUT2D eigenvalue weighted by atomic mass is 10.0. The summed E-state index contributed by atoms with van der Waals surface area (Å²) in [5.41, 5.74) is 9.50. The van der Waals surface area contributed by atoms with Gasteiger partial charge in [0.2, 0.25) is 17.7 Å². The van der Waals surface area contributed by atoms with Crippen LogP contribution in [0.4, 0.5) is 13.2 Å². The van der Waals surface area contributed by atoms with Crippen molar-refractivity contribution in [3.05, 3.63) is 58.7 Å². The highest BCUT2D eigenvalue weighted by atomic mass is 19.4. The molecular formula is C25H27F3N4O3. The smallest absolute Gasteiger partial charge is 0.416 e. The number of amides is 2. The zero-order valence-corrected chi connectivity index (χ0v) is 19.7. The molecule has 7 nitrogen and oxygen atoms in total. The standard InChI is InChI=1S/C25H27F3N4O3/c1-4-5-19(30-31-22(34)9-8-21(29)33)23-18-7-6-16(25(26,27)28)13-20(18)32(24(23)35)17-11-14(2)10-15(3)12-17/h6-7,10-13,35H,4-5,8-9H2,1-3H3,(H2,29,33)(H,31,34). The van der Waals surface area contributed by atoms with E-state index in [9.17, 15) is 27.9 Å². The van der Waals surface area contributed by atoms with Crippen molar-refractivity contribution in [3.8, 4) is 11.6 Å². The van der Waals surface area contributed by atoms with E-state index in [0.717, 1.165) is 23.3 Å². The van der Waals surface area contributed by atoms with Crippen molar-refractivity contribution in [1.82, 2.24) is 9.99 Å². The largest absolute Gasteiger partial charge is 0.494 e. The maximum Gasteiger partial charge on any atom is 0.416 e. The molecule has 10 heteroatoms. The van der Waals surface area contributed by atoms with Gasteiger partial charge in [-0.05, 0) is 55.7 Å². The van der Waals surface area contributed by atoms with Crippen LogP contribution >= 0.6 is 0 Å². The van der Waals surface area contributed by atoms with Gasteiger partial charge in [-0.15, -0.1) is 0 Å². The number of primary amides is 1. The summed E-state index contributed by atoms with van der Waals surface area (Å²) in [5.74, 6) is -1.47. The molecule has 0 bridgehead atoms. The number of aromatic nitrogens is 1. The van der Waals surface area contributed by atoms with E-state index in [2.05, 4.69) is 10.5 Å². The average molecular weight is 489 g/mol. The number of aryl methyl sites for hydroxylation is 2. The number of nitrogens with zero attached hydrogens (tertiary/aromatic N) is 2. The SMILES string of the molecule is CCCC(=NNC(=O)CCC(N)=O)c1c(O)n(-c2cc(C)cc(C)c2)c2cc(C(F)(F)F)ccc12. The highest BCUT2D eigenvalue weighted by Gasteiger charge is 2.32. The summed E-state index contributed by atoms with van der Waals surface area (Å²) in [4.78, 5) is 23.0. The summed E-state index contributed by atoms with van der Waals surface area (Å²) in [6, 6.07) is 8.68. The zero-order valence-electron chi connectivity index (χ0n) is 19.7. The Morgan fingerprint density at radius 1 is 1.06 bits per heavy atom. The first-order chi connectivity index (χ1) is 16.4. The number of halogens is 3. The van der Waals surface area contributed by atoms with E-state index in [0.29, 0.717) is 29.6 Å². The minimum Gasteiger partial charge on any atom is -0.494 e. The minimum atomic E-state index is -4.57. The maximum atomic E-state index is 13.5. The van der Waals surface area contributed by atoms with Crippen molar-refractivity contribution in [1.29, 1.82) is 0 Å². The molecule has 3 aromatic rings. The summed E-state index contributed by atoms with van der Waals surface area (Å²) in [6.07, 6.45) is -3.97. The quantitative estimate of drug-likeness (QED) is 0.311. The molecule has 0 atom stereocenters. The molecule has 4 N–H and O–H groups in total. The van der Waals surface area contributed by atoms with Crippen LogP contribution in [0.2, 0.25) is 0 Å². The van der Waals surface area contributed by atoms with Gasteiger partial charge in [-0.25, -0.2) is 5.43 Å². The van der Waals surface area contributed by atoms with Crippen molar-refractivity contribution >= 4 is 28.4 Å². The van der Waals surface area contributed by atoms with Crippen LogP contribution in [0.1, 0.15) is 54.9 Å². The van der Waals surface area contributed by atoms with E-state index < -0.39 is 23.6 Å². The highest BCUT2D eigenvalue weighted by molar-refractivity contribution is 6.14. The molecule has 0 aliphatic carbocycles. The van der Waals surface area contributed by atoms with Gasteiger partial charge in [0.25, 0.3) is 0 Å². The Bertz CT molecular complexity index is 1290. The molecule has 0 aliphatic rings. The van der Waals surface area contributed by atoms with Crippen LogP contribution < -0.4 is 11.2 Å². The van der Waals surface area contributed by atoms with Gasteiger partial charge in [0.1, 0.15) is 0 Å². The fraction of sp³-hybridized carbons (Fsp3) is 0.320. The number of benzene rings is 2. The third-order valence-corrected chi connectivity index (χ3v) is 5.42. The molecule has 0 saturated heterocycles. The summed E-state index contributed by atoms with van der Waals surface area (Å²) in [6.45, 7) is 5.58. The number of hydrazone groups is 1. The average Bonchev–Trinajstić information content (AvgIpc) is 3.04. The van der Waals surface area contributed by atoms with E-state index >= 15 is 0 Å². The second-order valence-corrected chi connectivity index (χ2v) is 8.42. The molecule has 2 amide bonds. The Morgan fingerprint density at radius 2 is 1.71 bits per heavy atom. The fourth-order valence-corrected chi connectivity index (χ4v) is 3.97. The van der Waals surface area contributed by atoms with Gasteiger partial charge in [0.15, 0.2) is 0 Å². The van der Waals surface area contributed by atoms with Gasteiger partial charge >= 0.3 is 6.18 Å². The number of nitrogens with one attached hydrogen (secondary N) is 1. The van der Waals surface area contributed by atoms with Crippen molar-refractivity contribution in [2.75, 3.05) is 0 Å². The molecule has 0 saturated carbocycles. The van der Waals surface area contributed by atoms with Crippen LogP contribution in [-0.2, 0) is 15.8 Å². The van der Waals surface area contributed by atoms with Crippen molar-refractivity contribution in [2.45, 2.75) is 52.6 Å². The molecule has 0 unspecified atom stereocenters. The molecule has 35 heavy (non-hydrogen) atoms. The number of hydrogen-bond donors (Lipinski definition) is 3. The van der Waals surface area contributed by atoms with Gasteiger partial charge in [-0.1, -0.05) is 25.5 Å². The van der Waals surface area contributed by atoms with E-state index in [4.69, 9.17) is 5.73 Å². The number of rotatable bonds is 8. The Kier molecular flexibility index (Phi) is 7.52. The molecule has 3 rings (SSSR count). The Labute approximate surface area is 200 Å². The summed E-state index contributed by atoms with van der Waals surface area (Å²) in [5, 5.41) is 15.8. The molecule has 0 aliphatic heterocycles. The van der Waals surface area contributed by atoms with Crippen LogP contribution in [0.15, 0.2) is 41.5 Å². The summed E-state index contributed by atoms with van der Waals surface area (Å²) >= 11 is 0. The normalized spacial score (nSPS) is 12.2. The van der Waals surface area contributed by atoms with Crippen molar-refractivity contribution in [2.24, 2.45) is 10.8 Å². The third-order valence-electron chi connectivity index (χ3n) is 5.42. The van der Waals surface area contributed by atoms with Crippen LogP contribution in [0.25, 0.3) is 16.6 Å². The van der Waals surface area contributed by atoms with Gasteiger partial charge in [0, 0.05) is 23.9 Å². The number of carbonyl (C=O) groups excluding carboxylic acids is 2. The van der Waals surface area contributed by atoms with Gasteiger partial charge in [-0.3, -0.25) is 14.2 Å². The molecular weight excluding hydrogens is 461 g/mol. The van der Waals surface area contributed by atoms with E-state index in [1.165, 1.54) is 10.6 Å². The molecule has 0 spiro atoms. The van der Waals surface area contributed by atoms with Crippen LogP contribution in [0.5, 0.6) is 5.88 Å². The minimum absolute atomic E-state index is 0.151. The van der Waals surface area contributed by atoms with Crippen molar-refractivity contribution in [3.63, 3.8) is 0 Å². The number of aromatic hydroxyl groups is 1. The second kappa shape index (κ2) is 10.2. The Hall–Kier alpha value is -3.82. The molecule has 186 valence electrons. The predicted molar refractivity (Wildman–Crippen MR) is 127 cm³/mol.